The van der Waals surface area contributed by atoms with Gasteiger partial charge in [-0.25, -0.2) is 0 Å². The van der Waals surface area contributed by atoms with Crippen molar-refractivity contribution < 1.29 is 9.90 Å². The summed E-state index contributed by atoms with van der Waals surface area (Å²) in [5, 5.41) is 13.2. The highest BCUT2D eigenvalue weighted by molar-refractivity contribution is 7.59. The molecule has 0 fully saturated rings. The molecule has 70 valence electrons. The predicted octanol–water partition coefficient (Wildman–Crippen LogP) is 1.52. The van der Waals surface area contributed by atoms with Gasteiger partial charge in [0.25, 0.3) is 0 Å². The summed E-state index contributed by atoms with van der Waals surface area (Å²) in [4.78, 5) is 9.60. The summed E-state index contributed by atoms with van der Waals surface area (Å²) in [5.74, 6) is -0.711. The summed E-state index contributed by atoms with van der Waals surface area (Å²) >= 11 is 1.35. The first-order valence-corrected chi connectivity index (χ1v) is 4.03. The first-order valence-electron chi connectivity index (χ1n) is 3.20. The fourth-order valence-corrected chi connectivity index (χ4v) is 0.622. The number of aromatic nitrogens is 2. The van der Waals surface area contributed by atoms with Gasteiger partial charge in [-0.2, -0.15) is 13.5 Å². The Bertz CT molecular complexity index is 162. The number of aliphatic carboxylic acids is 1. The van der Waals surface area contributed by atoms with E-state index in [-0.39, 0.29) is 13.5 Å². The summed E-state index contributed by atoms with van der Waals surface area (Å²) in [7, 11) is 0. The van der Waals surface area contributed by atoms with Crippen molar-refractivity contribution in [2.45, 2.75) is 19.8 Å². The van der Waals surface area contributed by atoms with Gasteiger partial charge in [-0.15, -0.1) is 5.10 Å². The molecule has 0 amide bonds. The lowest BCUT2D eigenvalue weighted by molar-refractivity contribution is -0.137. The molecule has 0 aliphatic rings. The van der Waals surface area contributed by atoms with Crippen molar-refractivity contribution in [3.8, 4) is 0 Å². The molecular formula is C6H12N2O2S2. The van der Waals surface area contributed by atoms with E-state index in [1.807, 2.05) is 12.3 Å². The van der Waals surface area contributed by atoms with Crippen molar-refractivity contribution in [2.24, 2.45) is 0 Å². The molecule has 0 aliphatic carbocycles. The smallest absolute Gasteiger partial charge is 0.303 e. The van der Waals surface area contributed by atoms with Gasteiger partial charge in [-0.05, 0) is 18.0 Å². The molecule has 4 nitrogen and oxygen atoms in total. The van der Waals surface area contributed by atoms with Crippen LogP contribution in [0.1, 0.15) is 19.8 Å². The number of hydrogen-bond acceptors (Lipinski definition) is 4. The van der Waals surface area contributed by atoms with Crippen LogP contribution >= 0.6 is 25.0 Å². The van der Waals surface area contributed by atoms with Crippen molar-refractivity contribution in [3.05, 3.63) is 11.6 Å². The highest BCUT2D eigenvalue weighted by atomic mass is 32.1. The molecule has 1 aromatic rings. The van der Waals surface area contributed by atoms with Gasteiger partial charge >= 0.3 is 5.97 Å². The molecule has 12 heavy (non-hydrogen) atoms. The van der Waals surface area contributed by atoms with Crippen molar-refractivity contribution in [1.82, 2.24) is 9.59 Å². The minimum Gasteiger partial charge on any atom is -0.481 e. The van der Waals surface area contributed by atoms with Crippen LogP contribution in [0, 0.1) is 0 Å². The van der Waals surface area contributed by atoms with Crippen LogP contribution in [0.2, 0.25) is 0 Å². The van der Waals surface area contributed by atoms with Gasteiger partial charge in [0.1, 0.15) is 0 Å². The molecule has 0 saturated carbocycles. The minimum absolute atomic E-state index is 0. The number of carbonyl (C=O) groups is 1. The number of carboxylic acids is 1. The normalized spacial score (nSPS) is 7.42. The maximum atomic E-state index is 9.60. The quantitative estimate of drug-likeness (QED) is 0.800. The average Bonchev–Trinajstić information content (AvgIpc) is 2.41. The fourth-order valence-electron chi connectivity index (χ4n) is 0.350. The Morgan fingerprint density at radius 1 is 1.67 bits per heavy atom. The molecule has 0 bridgehead atoms. The maximum absolute atomic E-state index is 9.60. The monoisotopic (exact) mass is 208 g/mol. The predicted molar refractivity (Wildman–Crippen MR) is 52.8 cm³/mol. The Balaban J connectivity index is 0. The molecule has 1 heterocycles. The SMILES string of the molecule is CCCC(=O)O.S.c1csnn1. The van der Waals surface area contributed by atoms with Crippen molar-refractivity contribution >= 4 is 31.0 Å². The zero-order chi connectivity index (χ0) is 8.53. The largest absolute Gasteiger partial charge is 0.481 e. The summed E-state index contributed by atoms with van der Waals surface area (Å²) < 4.78 is 3.51. The van der Waals surface area contributed by atoms with E-state index in [2.05, 4.69) is 9.59 Å². The Kier molecular flexibility index (Phi) is 12.1. The van der Waals surface area contributed by atoms with E-state index in [9.17, 15) is 4.79 Å². The van der Waals surface area contributed by atoms with Crippen LogP contribution in [0.5, 0.6) is 0 Å². The van der Waals surface area contributed by atoms with Crippen molar-refractivity contribution in [2.75, 3.05) is 0 Å². The second kappa shape index (κ2) is 10.4. The molecule has 0 spiro atoms. The van der Waals surface area contributed by atoms with E-state index in [0.717, 1.165) is 6.42 Å². The van der Waals surface area contributed by atoms with Crippen LogP contribution in [0.4, 0.5) is 0 Å². The number of hydrogen-bond donors (Lipinski definition) is 1. The average molecular weight is 208 g/mol. The van der Waals surface area contributed by atoms with E-state index in [1.165, 1.54) is 11.5 Å². The summed E-state index contributed by atoms with van der Waals surface area (Å²) in [6.45, 7) is 1.84. The minimum atomic E-state index is -0.711. The van der Waals surface area contributed by atoms with Gasteiger partial charge < -0.3 is 5.11 Å². The molecule has 0 atom stereocenters. The van der Waals surface area contributed by atoms with Gasteiger partial charge in [0.2, 0.25) is 0 Å². The van der Waals surface area contributed by atoms with E-state index in [4.69, 9.17) is 5.11 Å². The lowest BCUT2D eigenvalue weighted by atomic mass is 10.4. The van der Waals surface area contributed by atoms with Crippen LogP contribution < -0.4 is 0 Å². The molecule has 0 aliphatic heterocycles. The van der Waals surface area contributed by atoms with Crippen LogP contribution in [-0.2, 0) is 4.79 Å². The van der Waals surface area contributed by atoms with Gasteiger partial charge in [0, 0.05) is 11.8 Å². The lowest BCUT2D eigenvalue weighted by Crippen LogP contribution is -1.90. The Morgan fingerprint density at radius 2 is 2.33 bits per heavy atom. The van der Waals surface area contributed by atoms with Gasteiger partial charge in [0.05, 0.1) is 6.20 Å². The first kappa shape index (κ1) is 13.9. The summed E-state index contributed by atoms with van der Waals surface area (Å²) in [6, 6.07) is 0. The Labute approximate surface area is 82.2 Å². The molecule has 1 N–H and O–H groups in total. The lowest BCUT2D eigenvalue weighted by Gasteiger charge is -1.79. The van der Waals surface area contributed by atoms with E-state index in [1.54, 1.807) is 6.20 Å². The van der Waals surface area contributed by atoms with E-state index < -0.39 is 5.97 Å². The highest BCUT2D eigenvalue weighted by Gasteiger charge is 1.87. The van der Waals surface area contributed by atoms with Crippen molar-refractivity contribution in [3.63, 3.8) is 0 Å². The molecule has 0 unspecified atom stereocenters. The highest BCUT2D eigenvalue weighted by Crippen LogP contribution is 1.82. The van der Waals surface area contributed by atoms with Crippen LogP contribution in [0.25, 0.3) is 0 Å². The van der Waals surface area contributed by atoms with Crippen molar-refractivity contribution in [1.29, 1.82) is 0 Å². The number of carboxylic acid groups (broad SMARTS) is 1. The summed E-state index contributed by atoms with van der Waals surface area (Å²) in [6.07, 6.45) is 2.68. The van der Waals surface area contributed by atoms with E-state index >= 15 is 0 Å². The second-order valence-corrected chi connectivity index (χ2v) is 2.38. The molecule has 6 heteroatoms. The Morgan fingerprint density at radius 3 is 2.42 bits per heavy atom. The van der Waals surface area contributed by atoms with E-state index in [0.29, 0.717) is 6.42 Å². The molecule has 0 radical (unpaired) electrons. The van der Waals surface area contributed by atoms with Crippen LogP contribution in [0.3, 0.4) is 0 Å². The standard InChI is InChI=1S/C4H8O2.C2H2N2S.H2S/c1-2-3-4(5)6;1-2-5-4-3-1;/h2-3H2,1H3,(H,5,6);1-2H;1H2. The van der Waals surface area contributed by atoms with Crippen LogP contribution in [0.15, 0.2) is 11.6 Å². The third-order valence-electron chi connectivity index (χ3n) is 0.747. The van der Waals surface area contributed by atoms with Gasteiger partial charge in [0.15, 0.2) is 0 Å². The summed E-state index contributed by atoms with van der Waals surface area (Å²) in [5.41, 5.74) is 0. The zero-order valence-electron chi connectivity index (χ0n) is 6.73. The number of nitrogens with zero attached hydrogens (tertiary/aromatic N) is 2. The third kappa shape index (κ3) is 12.1. The topological polar surface area (TPSA) is 63.1 Å². The maximum Gasteiger partial charge on any atom is 0.303 e. The first-order chi connectivity index (χ1) is 5.27. The fraction of sp³-hybridized carbons (Fsp3) is 0.500. The molecule has 1 rings (SSSR count). The Hall–Kier alpha value is -0.620. The van der Waals surface area contributed by atoms with Crippen LogP contribution in [-0.4, -0.2) is 20.7 Å². The third-order valence-corrected chi connectivity index (χ3v) is 1.18. The zero-order valence-corrected chi connectivity index (χ0v) is 8.54. The molecule has 1 aromatic heterocycles. The van der Waals surface area contributed by atoms with Gasteiger partial charge in [-0.3, -0.25) is 4.79 Å². The second-order valence-electron chi connectivity index (χ2n) is 1.73. The molecule has 0 aromatic carbocycles. The molecular weight excluding hydrogens is 196 g/mol. The number of rotatable bonds is 2. The van der Waals surface area contributed by atoms with Gasteiger partial charge in [-0.1, -0.05) is 11.4 Å². The molecule has 0 saturated heterocycles.